The van der Waals surface area contributed by atoms with E-state index in [9.17, 15) is 4.79 Å². The van der Waals surface area contributed by atoms with Crippen LogP contribution in [0.5, 0.6) is 0 Å². The zero-order valence-corrected chi connectivity index (χ0v) is 14.2. The molecule has 0 aromatic carbocycles. The summed E-state index contributed by atoms with van der Waals surface area (Å²) in [5.74, 6) is 0.543. The maximum absolute atomic E-state index is 12.4. The molecule has 9 heteroatoms. The molecule has 0 bridgehead atoms. The van der Waals surface area contributed by atoms with Crippen LogP contribution in [0.3, 0.4) is 0 Å². The molecule has 0 radical (unpaired) electrons. The molecule has 3 N–H and O–H groups in total. The lowest BCUT2D eigenvalue weighted by Gasteiger charge is -2.13. The van der Waals surface area contributed by atoms with Gasteiger partial charge in [0.15, 0.2) is 11.5 Å². The third-order valence-corrected chi connectivity index (χ3v) is 4.02. The monoisotopic (exact) mass is 359 g/mol. The molecule has 3 aromatic heterocycles. The molecule has 4 heterocycles. The number of pyridine rings is 1. The number of halogens is 1. The summed E-state index contributed by atoms with van der Waals surface area (Å²) in [4.78, 5) is 16.7. The second kappa shape index (κ2) is 7.45. The number of hydrogen-bond donors (Lipinski definition) is 3. The number of H-pyrrole nitrogens is 1. The maximum atomic E-state index is 12.4. The smallest absolute Gasteiger partial charge is 0.272 e. The number of aromatic amines is 1. The van der Waals surface area contributed by atoms with Gasteiger partial charge in [-0.3, -0.25) is 9.89 Å². The van der Waals surface area contributed by atoms with Crippen molar-refractivity contribution < 1.29 is 4.79 Å². The Bertz CT molecular complexity index is 859. The molecule has 0 fully saturated rings. The summed E-state index contributed by atoms with van der Waals surface area (Å²) in [6.45, 7) is 1.99. The second-order valence-electron chi connectivity index (χ2n) is 5.61. The molecule has 25 heavy (non-hydrogen) atoms. The number of aromatic nitrogens is 5. The number of nitrogens with one attached hydrogen (secondary N) is 3. The SMILES string of the molecule is Cl.O=C(NCc1ccnc(-n2cccn2)c1)c1n[nH]c2c1CNCC2. The summed E-state index contributed by atoms with van der Waals surface area (Å²) >= 11 is 0. The number of carbonyl (C=O) groups excluding carboxylic acids is 1. The minimum absolute atomic E-state index is 0. The molecular formula is C16H18ClN7O. The third kappa shape index (κ3) is 3.54. The Labute approximate surface area is 150 Å². The summed E-state index contributed by atoms with van der Waals surface area (Å²) in [5.41, 5.74) is 3.43. The van der Waals surface area contributed by atoms with Crippen molar-refractivity contribution in [2.24, 2.45) is 0 Å². The van der Waals surface area contributed by atoms with Crippen LogP contribution in [0, 0.1) is 0 Å². The highest BCUT2D eigenvalue weighted by molar-refractivity contribution is 5.94. The van der Waals surface area contributed by atoms with Gasteiger partial charge in [-0.05, 0) is 23.8 Å². The second-order valence-corrected chi connectivity index (χ2v) is 5.61. The lowest BCUT2D eigenvalue weighted by Crippen LogP contribution is -2.28. The molecule has 0 aliphatic carbocycles. The van der Waals surface area contributed by atoms with Gasteiger partial charge in [0.2, 0.25) is 0 Å². The maximum Gasteiger partial charge on any atom is 0.272 e. The highest BCUT2D eigenvalue weighted by Gasteiger charge is 2.21. The van der Waals surface area contributed by atoms with E-state index < -0.39 is 0 Å². The Morgan fingerprint density at radius 3 is 3.12 bits per heavy atom. The van der Waals surface area contributed by atoms with Crippen molar-refractivity contribution in [3.05, 3.63) is 59.3 Å². The zero-order valence-electron chi connectivity index (χ0n) is 13.4. The van der Waals surface area contributed by atoms with E-state index in [1.807, 2.05) is 24.4 Å². The fourth-order valence-corrected chi connectivity index (χ4v) is 2.78. The van der Waals surface area contributed by atoms with E-state index in [2.05, 4.69) is 30.9 Å². The molecule has 8 nitrogen and oxygen atoms in total. The van der Waals surface area contributed by atoms with Gasteiger partial charge in [-0.25, -0.2) is 9.67 Å². The van der Waals surface area contributed by atoms with Crippen LogP contribution in [0.15, 0.2) is 36.8 Å². The Morgan fingerprint density at radius 2 is 2.28 bits per heavy atom. The fraction of sp³-hybridized carbons (Fsp3) is 0.250. The predicted octanol–water partition coefficient (Wildman–Crippen LogP) is 0.988. The molecule has 1 aliphatic heterocycles. The topological polar surface area (TPSA) is 101 Å². The van der Waals surface area contributed by atoms with Gasteiger partial charge in [-0.2, -0.15) is 10.2 Å². The molecule has 0 unspecified atom stereocenters. The van der Waals surface area contributed by atoms with E-state index >= 15 is 0 Å². The van der Waals surface area contributed by atoms with E-state index in [1.54, 1.807) is 17.1 Å². The Morgan fingerprint density at radius 1 is 1.36 bits per heavy atom. The average molecular weight is 360 g/mol. The molecule has 0 saturated heterocycles. The van der Waals surface area contributed by atoms with Crippen molar-refractivity contribution in [3.63, 3.8) is 0 Å². The van der Waals surface area contributed by atoms with Crippen LogP contribution in [0.2, 0.25) is 0 Å². The van der Waals surface area contributed by atoms with Gasteiger partial charge < -0.3 is 10.6 Å². The zero-order chi connectivity index (χ0) is 16.4. The normalized spacial score (nSPS) is 13.0. The summed E-state index contributed by atoms with van der Waals surface area (Å²) in [7, 11) is 0. The molecule has 4 rings (SSSR count). The highest BCUT2D eigenvalue weighted by Crippen LogP contribution is 2.15. The first-order valence-electron chi connectivity index (χ1n) is 7.81. The van der Waals surface area contributed by atoms with E-state index in [0.29, 0.717) is 24.6 Å². The molecule has 0 saturated carbocycles. The van der Waals surface area contributed by atoms with E-state index in [0.717, 1.165) is 29.8 Å². The van der Waals surface area contributed by atoms with Crippen molar-refractivity contribution >= 4 is 18.3 Å². The molecule has 3 aromatic rings. The molecule has 1 amide bonds. The number of amides is 1. The summed E-state index contributed by atoms with van der Waals surface area (Å²) < 4.78 is 1.68. The molecular weight excluding hydrogens is 342 g/mol. The van der Waals surface area contributed by atoms with Gasteiger partial charge in [-0.1, -0.05) is 0 Å². The summed E-state index contributed by atoms with van der Waals surface area (Å²) in [5, 5.41) is 17.5. The van der Waals surface area contributed by atoms with Gasteiger partial charge >= 0.3 is 0 Å². The minimum Gasteiger partial charge on any atom is -0.347 e. The van der Waals surface area contributed by atoms with E-state index in [4.69, 9.17) is 0 Å². The molecule has 130 valence electrons. The van der Waals surface area contributed by atoms with E-state index in [1.165, 1.54) is 0 Å². The van der Waals surface area contributed by atoms with E-state index in [-0.39, 0.29) is 18.3 Å². The van der Waals surface area contributed by atoms with Crippen LogP contribution < -0.4 is 10.6 Å². The third-order valence-electron chi connectivity index (χ3n) is 4.02. The number of hydrogen-bond acceptors (Lipinski definition) is 5. The molecule has 0 atom stereocenters. The van der Waals surface area contributed by atoms with Crippen molar-refractivity contribution in [1.29, 1.82) is 0 Å². The number of carbonyl (C=O) groups is 1. The lowest BCUT2D eigenvalue weighted by atomic mass is 10.1. The van der Waals surface area contributed by atoms with Crippen LogP contribution in [0.1, 0.15) is 27.3 Å². The first kappa shape index (κ1) is 17.1. The number of rotatable bonds is 4. The Kier molecular flexibility index (Phi) is 5.11. The van der Waals surface area contributed by atoms with Crippen molar-refractivity contribution in [1.82, 2.24) is 35.6 Å². The van der Waals surface area contributed by atoms with Gasteiger partial charge in [0, 0.05) is 55.9 Å². The minimum atomic E-state index is -0.173. The van der Waals surface area contributed by atoms with Gasteiger partial charge in [0.25, 0.3) is 5.91 Å². The van der Waals surface area contributed by atoms with Gasteiger partial charge in [0.1, 0.15) is 0 Å². The van der Waals surface area contributed by atoms with Crippen LogP contribution in [0.25, 0.3) is 5.82 Å². The quantitative estimate of drug-likeness (QED) is 0.645. The Hall–Kier alpha value is -2.71. The van der Waals surface area contributed by atoms with Crippen LogP contribution in [0.4, 0.5) is 0 Å². The number of nitrogens with zero attached hydrogens (tertiary/aromatic N) is 4. The summed E-state index contributed by atoms with van der Waals surface area (Å²) in [6, 6.07) is 5.61. The van der Waals surface area contributed by atoms with Gasteiger partial charge in [0.05, 0.1) is 0 Å². The van der Waals surface area contributed by atoms with Crippen molar-refractivity contribution in [2.45, 2.75) is 19.5 Å². The standard InChI is InChI=1S/C16H17N7O.ClH/c24-16(15-12-10-17-5-3-13(12)21-22-15)19-9-11-2-6-18-14(8-11)23-7-1-4-20-23;/h1-2,4,6-8,17H,3,5,9-10H2,(H,19,24)(H,21,22);1H. The van der Waals surface area contributed by atoms with Crippen molar-refractivity contribution in [2.75, 3.05) is 6.54 Å². The van der Waals surface area contributed by atoms with Crippen molar-refractivity contribution in [3.8, 4) is 5.82 Å². The first-order chi connectivity index (χ1) is 11.8. The summed E-state index contributed by atoms with van der Waals surface area (Å²) in [6.07, 6.45) is 6.10. The highest BCUT2D eigenvalue weighted by atomic mass is 35.5. The lowest BCUT2D eigenvalue weighted by molar-refractivity contribution is 0.0944. The fourth-order valence-electron chi connectivity index (χ4n) is 2.78. The predicted molar refractivity (Wildman–Crippen MR) is 93.8 cm³/mol. The first-order valence-corrected chi connectivity index (χ1v) is 7.81. The average Bonchev–Trinajstić information content (AvgIpc) is 3.29. The molecule has 0 spiro atoms. The number of fused-ring (bicyclic) bond motifs is 1. The van der Waals surface area contributed by atoms with Crippen LogP contribution in [-0.2, 0) is 19.5 Å². The molecule has 1 aliphatic rings. The van der Waals surface area contributed by atoms with Crippen LogP contribution >= 0.6 is 12.4 Å². The van der Waals surface area contributed by atoms with Crippen LogP contribution in [-0.4, -0.2) is 37.4 Å². The Balaban J connectivity index is 0.00000182. The largest absolute Gasteiger partial charge is 0.347 e. The van der Waals surface area contributed by atoms with Gasteiger partial charge in [-0.15, -0.1) is 12.4 Å².